The van der Waals surface area contributed by atoms with Crippen LogP contribution in [-0.2, 0) is 4.74 Å². The van der Waals surface area contributed by atoms with Gasteiger partial charge in [0.05, 0.1) is 16.7 Å². The van der Waals surface area contributed by atoms with Crippen LogP contribution < -0.4 is 4.74 Å². The van der Waals surface area contributed by atoms with Gasteiger partial charge in [-0.25, -0.2) is 9.18 Å². The van der Waals surface area contributed by atoms with Crippen LogP contribution in [0.25, 0.3) is 0 Å². The van der Waals surface area contributed by atoms with Gasteiger partial charge >= 0.3 is 5.97 Å². The van der Waals surface area contributed by atoms with E-state index in [0.29, 0.717) is 11.5 Å². The molecular formula is C23H13FN2O4. The lowest BCUT2D eigenvalue weighted by atomic mass is 10.1. The summed E-state index contributed by atoms with van der Waals surface area (Å²) in [5.74, 6) is -1.03. The van der Waals surface area contributed by atoms with Crippen molar-refractivity contribution in [2.75, 3.05) is 6.61 Å². The molecule has 30 heavy (non-hydrogen) atoms. The van der Waals surface area contributed by atoms with Crippen LogP contribution in [-0.4, -0.2) is 18.4 Å². The summed E-state index contributed by atoms with van der Waals surface area (Å²) < 4.78 is 23.6. The molecule has 0 saturated heterocycles. The van der Waals surface area contributed by atoms with Crippen molar-refractivity contribution in [1.82, 2.24) is 0 Å². The van der Waals surface area contributed by atoms with Gasteiger partial charge in [0.2, 0.25) is 0 Å². The second-order valence-corrected chi connectivity index (χ2v) is 6.07. The van der Waals surface area contributed by atoms with Gasteiger partial charge in [-0.05, 0) is 60.7 Å². The maximum atomic E-state index is 12.9. The van der Waals surface area contributed by atoms with Crippen molar-refractivity contribution in [3.63, 3.8) is 0 Å². The standard InChI is InChI=1S/C23H13FN2O4/c24-19-7-4-15(5-8-19)22(27)14-29-23(28)16-2-1-3-20(10-16)30-21-9-6-17(12-25)18(11-21)13-26/h1-11H,14H2. The predicted octanol–water partition coefficient (Wildman–Crippen LogP) is 4.40. The molecule has 3 rings (SSSR count). The SMILES string of the molecule is N#Cc1ccc(Oc2cccc(C(=O)OCC(=O)c3ccc(F)cc3)c2)cc1C#N. The first kappa shape index (κ1) is 20.2. The smallest absolute Gasteiger partial charge is 0.338 e. The molecule has 0 aliphatic heterocycles. The minimum Gasteiger partial charge on any atom is -0.457 e. The summed E-state index contributed by atoms with van der Waals surface area (Å²) >= 11 is 0. The van der Waals surface area contributed by atoms with Crippen LogP contribution in [0.1, 0.15) is 31.8 Å². The number of carbonyl (C=O) groups excluding carboxylic acids is 2. The Kier molecular flexibility index (Phi) is 6.17. The number of nitriles is 2. The Morgan fingerprint density at radius 2 is 1.53 bits per heavy atom. The van der Waals surface area contributed by atoms with Gasteiger partial charge in [0.15, 0.2) is 12.4 Å². The molecule has 6 nitrogen and oxygen atoms in total. The van der Waals surface area contributed by atoms with E-state index in [1.54, 1.807) is 12.1 Å². The van der Waals surface area contributed by atoms with Crippen molar-refractivity contribution >= 4 is 11.8 Å². The van der Waals surface area contributed by atoms with Crippen LogP contribution in [0.4, 0.5) is 4.39 Å². The van der Waals surface area contributed by atoms with E-state index in [2.05, 4.69) is 0 Å². The van der Waals surface area contributed by atoms with Crippen LogP contribution in [0.15, 0.2) is 66.7 Å². The highest BCUT2D eigenvalue weighted by Crippen LogP contribution is 2.25. The van der Waals surface area contributed by atoms with E-state index in [-0.39, 0.29) is 22.3 Å². The number of hydrogen-bond donors (Lipinski definition) is 0. The molecule has 0 amide bonds. The molecule has 0 fully saturated rings. The maximum absolute atomic E-state index is 12.9. The number of ketones is 1. The van der Waals surface area contributed by atoms with Gasteiger partial charge in [-0.15, -0.1) is 0 Å². The van der Waals surface area contributed by atoms with Crippen LogP contribution in [0.2, 0.25) is 0 Å². The van der Waals surface area contributed by atoms with Crippen molar-refractivity contribution < 1.29 is 23.5 Å². The van der Waals surface area contributed by atoms with E-state index in [1.807, 2.05) is 12.1 Å². The van der Waals surface area contributed by atoms with E-state index in [9.17, 15) is 14.0 Å². The van der Waals surface area contributed by atoms with Gasteiger partial charge in [0.25, 0.3) is 0 Å². The van der Waals surface area contributed by atoms with Gasteiger partial charge in [-0.2, -0.15) is 10.5 Å². The first-order valence-corrected chi connectivity index (χ1v) is 8.68. The molecule has 0 aliphatic carbocycles. The van der Waals surface area contributed by atoms with Gasteiger partial charge in [-0.3, -0.25) is 4.79 Å². The third-order valence-electron chi connectivity index (χ3n) is 4.04. The number of halogens is 1. The summed E-state index contributed by atoms with van der Waals surface area (Å²) in [6.45, 7) is -0.489. The number of esters is 1. The van der Waals surface area contributed by atoms with E-state index in [1.165, 1.54) is 42.5 Å². The highest BCUT2D eigenvalue weighted by Gasteiger charge is 2.13. The van der Waals surface area contributed by atoms with E-state index in [0.717, 1.165) is 12.1 Å². The Morgan fingerprint density at radius 3 is 2.23 bits per heavy atom. The number of hydrogen-bond acceptors (Lipinski definition) is 6. The third kappa shape index (κ3) is 4.86. The van der Waals surface area contributed by atoms with Crippen molar-refractivity contribution in [1.29, 1.82) is 10.5 Å². The van der Waals surface area contributed by atoms with Crippen LogP contribution in [0.3, 0.4) is 0 Å². The molecule has 0 atom stereocenters. The predicted molar refractivity (Wildman–Crippen MR) is 103 cm³/mol. The van der Waals surface area contributed by atoms with Gasteiger partial charge in [-0.1, -0.05) is 6.07 Å². The number of benzene rings is 3. The Balaban J connectivity index is 1.67. The molecular weight excluding hydrogens is 387 g/mol. The first-order chi connectivity index (χ1) is 14.5. The number of Topliss-reactive ketones (excluding diaryl/α,β-unsaturated/α-hetero) is 1. The molecule has 0 heterocycles. The summed E-state index contributed by atoms with van der Waals surface area (Å²) in [6, 6.07) is 19.3. The average molecular weight is 400 g/mol. The number of nitrogens with zero attached hydrogens (tertiary/aromatic N) is 2. The molecule has 3 aromatic carbocycles. The summed E-state index contributed by atoms with van der Waals surface area (Å²) in [4.78, 5) is 24.3. The number of rotatable bonds is 6. The normalized spacial score (nSPS) is 9.83. The zero-order chi connectivity index (χ0) is 21.5. The Morgan fingerprint density at radius 1 is 0.833 bits per heavy atom. The molecule has 0 N–H and O–H groups in total. The van der Waals surface area contributed by atoms with E-state index in [4.69, 9.17) is 20.0 Å². The highest BCUT2D eigenvalue weighted by molar-refractivity contribution is 5.99. The van der Waals surface area contributed by atoms with Gasteiger partial charge in [0, 0.05) is 5.56 Å². The molecule has 3 aromatic rings. The highest BCUT2D eigenvalue weighted by atomic mass is 19.1. The lowest BCUT2D eigenvalue weighted by molar-refractivity contribution is 0.0474. The molecule has 0 radical (unpaired) electrons. The molecule has 146 valence electrons. The fourth-order valence-electron chi connectivity index (χ4n) is 2.53. The summed E-state index contributed by atoms with van der Waals surface area (Å²) in [7, 11) is 0. The minimum atomic E-state index is -0.728. The second-order valence-electron chi connectivity index (χ2n) is 6.07. The minimum absolute atomic E-state index is 0.161. The van der Waals surface area contributed by atoms with Crippen molar-refractivity contribution in [3.8, 4) is 23.6 Å². The van der Waals surface area contributed by atoms with Crippen LogP contribution in [0, 0.1) is 28.5 Å². The second kappa shape index (κ2) is 9.13. The van der Waals surface area contributed by atoms with Crippen LogP contribution in [0.5, 0.6) is 11.5 Å². The number of carbonyl (C=O) groups is 2. The van der Waals surface area contributed by atoms with Crippen molar-refractivity contribution in [2.45, 2.75) is 0 Å². The quantitative estimate of drug-likeness (QED) is 0.449. The summed E-state index contributed by atoms with van der Waals surface area (Å²) in [5.41, 5.74) is 0.793. The molecule has 0 aromatic heterocycles. The van der Waals surface area contributed by atoms with E-state index < -0.39 is 24.2 Å². The Labute approximate surface area is 171 Å². The monoisotopic (exact) mass is 400 g/mol. The molecule has 0 saturated carbocycles. The maximum Gasteiger partial charge on any atom is 0.338 e. The lowest BCUT2D eigenvalue weighted by Gasteiger charge is -2.09. The Bertz CT molecular complexity index is 1190. The van der Waals surface area contributed by atoms with Gasteiger partial charge < -0.3 is 9.47 Å². The molecule has 0 spiro atoms. The largest absolute Gasteiger partial charge is 0.457 e. The fraction of sp³-hybridized carbons (Fsp3) is 0.0435. The zero-order valence-corrected chi connectivity index (χ0v) is 15.5. The van der Waals surface area contributed by atoms with Gasteiger partial charge in [0.1, 0.15) is 29.5 Å². The average Bonchev–Trinajstić information content (AvgIpc) is 2.77. The first-order valence-electron chi connectivity index (χ1n) is 8.68. The molecule has 0 unspecified atom stereocenters. The number of ether oxygens (including phenoxy) is 2. The zero-order valence-electron chi connectivity index (χ0n) is 15.5. The lowest BCUT2D eigenvalue weighted by Crippen LogP contribution is -2.14. The van der Waals surface area contributed by atoms with Crippen LogP contribution >= 0.6 is 0 Å². The third-order valence-corrected chi connectivity index (χ3v) is 4.04. The molecule has 7 heteroatoms. The Hall–Kier alpha value is -4.49. The molecule has 0 bridgehead atoms. The van der Waals surface area contributed by atoms with Crippen molar-refractivity contribution in [2.24, 2.45) is 0 Å². The summed E-state index contributed by atoms with van der Waals surface area (Å²) in [6.07, 6.45) is 0. The van der Waals surface area contributed by atoms with Crippen molar-refractivity contribution in [3.05, 3.63) is 94.8 Å². The van der Waals surface area contributed by atoms with E-state index >= 15 is 0 Å². The molecule has 0 aliphatic rings. The summed E-state index contributed by atoms with van der Waals surface area (Å²) in [5, 5.41) is 18.1. The fourth-order valence-corrected chi connectivity index (χ4v) is 2.53. The topological polar surface area (TPSA) is 100 Å².